The third-order valence-corrected chi connectivity index (χ3v) is 4.94. The Kier molecular flexibility index (Phi) is 7.38. The van der Waals surface area contributed by atoms with Gasteiger partial charge in [0.25, 0.3) is 5.91 Å². The van der Waals surface area contributed by atoms with Crippen LogP contribution in [0.2, 0.25) is 0 Å². The quantitative estimate of drug-likeness (QED) is 0.472. The molecule has 3 rings (SSSR count). The Morgan fingerprint density at radius 2 is 1.73 bits per heavy atom. The number of benzene rings is 2. The summed E-state index contributed by atoms with van der Waals surface area (Å²) in [6, 6.07) is 9.70. The molecule has 1 N–H and O–H groups in total. The minimum Gasteiger partial charge on any atom is -0.493 e. The van der Waals surface area contributed by atoms with Gasteiger partial charge in [-0.3, -0.25) is 4.79 Å². The zero-order valence-corrected chi connectivity index (χ0v) is 18.1. The van der Waals surface area contributed by atoms with Crippen LogP contribution in [0.5, 0.6) is 17.2 Å². The van der Waals surface area contributed by atoms with Crippen LogP contribution in [0.15, 0.2) is 47.8 Å². The minimum absolute atomic E-state index is 0.0197. The Morgan fingerprint density at radius 3 is 2.36 bits per heavy atom. The van der Waals surface area contributed by atoms with Crippen molar-refractivity contribution in [1.29, 1.82) is 0 Å². The molecule has 1 heterocycles. The molecule has 0 unspecified atom stereocenters. The second-order valence-corrected chi connectivity index (χ2v) is 7.16. The van der Waals surface area contributed by atoms with Crippen LogP contribution in [0, 0.1) is 0 Å². The normalized spacial score (nSPS) is 10.9. The topological polar surface area (TPSA) is 96.0 Å². The number of ether oxygens (including phenoxy) is 4. The fraction of sp³-hybridized carbons (Fsp3) is 0.190. The van der Waals surface area contributed by atoms with Crippen LogP contribution in [-0.4, -0.2) is 44.0 Å². The molecule has 3 aromatic rings. The van der Waals surface area contributed by atoms with Crippen molar-refractivity contribution in [2.24, 2.45) is 0 Å². The number of thiazole rings is 1. The summed E-state index contributed by atoms with van der Waals surface area (Å²) in [5, 5.41) is 4.42. The van der Waals surface area contributed by atoms with Crippen LogP contribution in [-0.2, 0) is 9.53 Å². The van der Waals surface area contributed by atoms with Crippen molar-refractivity contribution < 1.29 is 41.7 Å². The number of carbonyl (C=O) groups excluding carboxylic acids is 2. The molecule has 0 radical (unpaired) electrons. The van der Waals surface area contributed by atoms with E-state index in [1.54, 1.807) is 18.2 Å². The third-order valence-electron chi connectivity index (χ3n) is 4.05. The summed E-state index contributed by atoms with van der Waals surface area (Å²) >= 11 is 1.20. The van der Waals surface area contributed by atoms with E-state index >= 15 is 0 Å². The summed E-state index contributed by atoms with van der Waals surface area (Å²) in [5.74, 6) is -0.860. The largest absolute Gasteiger partial charge is 0.573 e. The van der Waals surface area contributed by atoms with Gasteiger partial charge in [-0.1, -0.05) is 0 Å². The maximum atomic E-state index is 12.2. The summed E-state index contributed by atoms with van der Waals surface area (Å²) in [4.78, 5) is 28.4. The Hall–Kier alpha value is -3.80. The van der Waals surface area contributed by atoms with E-state index in [2.05, 4.69) is 15.0 Å². The molecule has 33 heavy (non-hydrogen) atoms. The first-order valence-electron chi connectivity index (χ1n) is 9.19. The van der Waals surface area contributed by atoms with Gasteiger partial charge in [0.05, 0.1) is 14.2 Å². The van der Waals surface area contributed by atoms with Gasteiger partial charge in [0.2, 0.25) is 0 Å². The maximum Gasteiger partial charge on any atom is 0.573 e. The van der Waals surface area contributed by atoms with Gasteiger partial charge in [-0.2, -0.15) is 0 Å². The lowest BCUT2D eigenvalue weighted by Gasteiger charge is -2.10. The number of hydrogen-bond donors (Lipinski definition) is 1. The van der Waals surface area contributed by atoms with Crippen LogP contribution in [0.3, 0.4) is 0 Å². The zero-order valence-electron chi connectivity index (χ0n) is 17.3. The average Bonchev–Trinajstić information content (AvgIpc) is 3.28. The number of alkyl halides is 3. The molecule has 0 bridgehead atoms. The number of nitrogens with zero attached hydrogens (tertiary/aromatic N) is 1. The second-order valence-electron chi connectivity index (χ2n) is 6.30. The van der Waals surface area contributed by atoms with Crippen molar-refractivity contribution in [2.45, 2.75) is 6.36 Å². The molecule has 0 saturated carbocycles. The van der Waals surface area contributed by atoms with E-state index in [9.17, 15) is 22.8 Å². The van der Waals surface area contributed by atoms with E-state index in [4.69, 9.17) is 14.2 Å². The lowest BCUT2D eigenvalue weighted by atomic mass is 10.2. The molecule has 0 spiro atoms. The van der Waals surface area contributed by atoms with Gasteiger partial charge >= 0.3 is 12.3 Å². The number of halogens is 3. The van der Waals surface area contributed by atoms with E-state index < -0.39 is 30.6 Å². The smallest absolute Gasteiger partial charge is 0.493 e. The van der Waals surface area contributed by atoms with Crippen molar-refractivity contribution in [2.75, 3.05) is 26.1 Å². The molecule has 0 aliphatic rings. The minimum atomic E-state index is -4.81. The van der Waals surface area contributed by atoms with Crippen molar-refractivity contribution in [3.8, 4) is 27.8 Å². The lowest BCUT2D eigenvalue weighted by molar-refractivity contribution is -0.274. The van der Waals surface area contributed by atoms with Crippen molar-refractivity contribution >= 4 is 28.9 Å². The van der Waals surface area contributed by atoms with Gasteiger partial charge < -0.3 is 24.3 Å². The van der Waals surface area contributed by atoms with Crippen molar-refractivity contribution in [1.82, 2.24) is 4.98 Å². The van der Waals surface area contributed by atoms with Gasteiger partial charge in [0, 0.05) is 16.6 Å². The molecule has 174 valence electrons. The zero-order chi connectivity index (χ0) is 24.0. The number of carbonyl (C=O) groups is 2. The lowest BCUT2D eigenvalue weighted by Crippen LogP contribution is -2.21. The molecule has 0 aliphatic carbocycles. The van der Waals surface area contributed by atoms with Gasteiger partial charge in [-0.25, -0.2) is 9.78 Å². The monoisotopic (exact) mass is 482 g/mol. The number of rotatable bonds is 8. The SMILES string of the molecule is COc1ccc(-c2nc(C(=O)OCC(=O)Nc3ccc(OC(F)(F)F)cc3)cs2)cc1OC. The van der Waals surface area contributed by atoms with Gasteiger partial charge in [-0.15, -0.1) is 24.5 Å². The van der Waals surface area contributed by atoms with E-state index in [0.29, 0.717) is 22.1 Å². The molecule has 1 amide bonds. The van der Waals surface area contributed by atoms with Crippen LogP contribution in [0.1, 0.15) is 10.5 Å². The van der Waals surface area contributed by atoms with Gasteiger partial charge in [0.1, 0.15) is 10.8 Å². The highest BCUT2D eigenvalue weighted by Crippen LogP contribution is 2.33. The third kappa shape index (κ3) is 6.59. The van der Waals surface area contributed by atoms with Crippen molar-refractivity contribution in [3.05, 3.63) is 53.5 Å². The first-order chi connectivity index (χ1) is 15.7. The molecular formula is C21H17F3N2O6S. The highest BCUT2D eigenvalue weighted by molar-refractivity contribution is 7.13. The Balaban J connectivity index is 1.55. The standard InChI is InChI=1S/C21H17F3N2O6S/c1-29-16-8-3-12(9-17(16)30-2)19-26-15(11-33-19)20(28)31-10-18(27)25-13-4-6-14(7-5-13)32-21(22,23)24/h3-9,11H,10H2,1-2H3,(H,25,27). The fourth-order valence-electron chi connectivity index (χ4n) is 2.61. The van der Waals surface area contributed by atoms with Gasteiger partial charge in [-0.05, 0) is 42.5 Å². The Labute approximate surface area is 189 Å². The number of nitrogens with one attached hydrogen (secondary N) is 1. The molecule has 0 aliphatic heterocycles. The summed E-state index contributed by atoms with van der Waals surface area (Å²) in [7, 11) is 3.02. The number of methoxy groups -OCH3 is 2. The number of esters is 1. The fourth-order valence-corrected chi connectivity index (χ4v) is 3.40. The Morgan fingerprint density at radius 1 is 1.03 bits per heavy atom. The van der Waals surface area contributed by atoms with Crippen LogP contribution < -0.4 is 19.5 Å². The molecule has 1 aromatic heterocycles. The summed E-state index contributed by atoms with van der Waals surface area (Å²) in [5.41, 5.74) is 0.925. The van der Waals surface area contributed by atoms with Crippen LogP contribution >= 0.6 is 11.3 Å². The molecular weight excluding hydrogens is 465 g/mol. The van der Waals surface area contributed by atoms with Crippen LogP contribution in [0.4, 0.5) is 18.9 Å². The second kappa shape index (κ2) is 10.2. The molecule has 0 fully saturated rings. The average molecular weight is 482 g/mol. The molecule has 0 saturated heterocycles. The first-order valence-corrected chi connectivity index (χ1v) is 10.1. The Bertz CT molecular complexity index is 1130. The van der Waals surface area contributed by atoms with E-state index in [-0.39, 0.29) is 11.4 Å². The van der Waals surface area contributed by atoms with E-state index in [0.717, 1.165) is 12.1 Å². The highest BCUT2D eigenvalue weighted by atomic mass is 32.1. The summed E-state index contributed by atoms with van der Waals surface area (Å²) < 4.78 is 55.7. The predicted octanol–water partition coefficient (Wildman–Crippen LogP) is 4.52. The molecule has 2 aromatic carbocycles. The van der Waals surface area contributed by atoms with Crippen LogP contribution in [0.25, 0.3) is 10.6 Å². The number of aromatic nitrogens is 1. The van der Waals surface area contributed by atoms with Gasteiger partial charge in [0.15, 0.2) is 23.8 Å². The molecule has 8 nitrogen and oxygen atoms in total. The maximum absolute atomic E-state index is 12.2. The number of hydrogen-bond acceptors (Lipinski definition) is 8. The van der Waals surface area contributed by atoms with E-state index in [1.165, 1.54) is 43.1 Å². The van der Waals surface area contributed by atoms with E-state index in [1.807, 2.05) is 0 Å². The summed E-state index contributed by atoms with van der Waals surface area (Å²) in [6.45, 7) is -0.608. The predicted molar refractivity (Wildman–Crippen MR) is 113 cm³/mol. The van der Waals surface area contributed by atoms with Crippen molar-refractivity contribution in [3.63, 3.8) is 0 Å². The number of amides is 1. The number of anilines is 1. The highest BCUT2D eigenvalue weighted by Gasteiger charge is 2.31. The molecule has 0 atom stereocenters. The summed E-state index contributed by atoms with van der Waals surface area (Å²) in [6.07, 6.45) is -4.81. The first kappa shape index (κ1) is 23.9. The molecule has 12 heteroatoms.